The minimum Gasteiger partial charge on any atom is -0.301 e. The minimum absolute atomic E-state index is 0. The zero-order valence-corrected chi connectivity index (χ0v) is 19.0. The molecular weight excluding hydrogens is 400 g/mol. The number of halogens is 1. The van der Waals surface area contributed by atoms with Crippen molar-refractivity contribution >= 4 is 18.2 Å². The minimum atomic E-state index is -0.123. The number of fused-ring (bicyclic) bond motifs is 1. The Kier molecular flexibility index (Phi) is 6.65. The summed E-state index contributed by atoms with van der Waals surface area (Å²) in [6.45, 7) is 14.7. The summed E-state index contributed by atoms with van der Waals surface area (Å²) in [6.07, 6.45) is 0. The van der Waals surface area contributed by atoms with Crippen molar-refractivity contribution in [3.63, 3.8) is 0 Å². The molecule has 1 aliphatic rings. The van der Waals surface area contributed by atoms with E-state index in [0.717, 1.165) is 44.0 Å². The molecule has 3 heterocycles. The molecule has 1 aliphatic heterocycles. The highest BCUT2D eigenvalue weighted by Gasteiger charge is 2.18. The van der Waals surface area contributed by atoms with E-state index in [1.165, 1.54) is 10.1 Å². The van der Waals surface area contributed by atoms with Crippen LogP contribution >= 0.6 is 12.4 Å². The molecule has 0 saturated carbocycles. The van der Waals surface area contributed by atoms with Crippen molar-refractivity contribution in [1.29, 1.82) is 0 Å². The predicted octanol–water partition coefficient (Wildman–Crippen LogP) is 2.94. The molecule has 1 aromatic carbocycles. The average Bonchev–Trinajstić information content (AvgIpc) is 3.13. The third kappa shape index (κ3) is 4.74. The van der Waals surface area contributed by atoms with Crippen LogP contribution in [0.2, 0.25) is 0 Å². The molecule has 1 saturated heterocycles. The SMILES string of the molecule is CCN1CCN(Cc2cc(=O)n3[nH]c(-c4ccc(C(C)(C)C)cc4)nc3n2)CC1.Cl. The Labute approximate surface area is 183 Å². The first-order chi connectivity index (χ1) is 13.8. The number of hydrogen-bond donors (Lipinski definition) is 1. The normalized spacial score (nSPS) is 16.0. The molecule has 4 rings (SSSR count). The van der Waals surface area contributed by atoms with Crippen molar-refractivity contribution in [2.75, 3.05) is 32.7 Å². The van der Waals surface area contributed by atoms with E-state index >= 15 is 0 Å². The quantitative estimate of drug-likeness (QED) is 0.689. The van der Waals surface area contributed by atoms with E-state index in [2.05, 4.69) is 64.7 Å². The predicted molar refractivity (Wildman–Crippen MR) is 122 cm³/mol. The molecule has 8 heteroatoms. The average molecular weight is 431 g/mol. The summed E-state index contributed by atoms with van der Waals surface area (Å²) < 4.78 is 1.42. The van der Waals surface area contributed by atoms with Gasteiger partial charge in [-0.25, -0.2) is 4.98 Å². The maximum Gasteiger partial charge on any atom is 0.274 e. The van der Waals surface area contributed by atoms with E-state index in [0.29, 0.717) is 18.1 Å². The van der Waals surface area contributed by atoms with Crippen molar-refractivity contribution in [2.45, 2.75) is 39.7 Å². The number of rotatable bonds is 4. The Morgan fingerprint density at radius 1 is 1.00 bits per heavy atom. The van der Waals surface area contributed by atoms with Gasteiger partial charge in [0.1, 0.15) is 0 Å². The summed E-state index contributed by atoms with van der Waals surface area (Å²) >= 11 is 0. The van der Waals surface area contributed by atoms with Crippen LogP contribution in [0.4, 0.5) is 0 Å². The zero-order chi connectivity index (χ0) is 20.6. The van der Waals surface area contributed by atoms with E-state index in [4.69, 9.17) is 0 Å². The largest absolute Gasteiger partial charge is 0.301 e. The molecule has 0 atom stereocenters. The van der Waals surface area contributed by atoms with Crippen LogP contribution in [0.15, 0.2) is 35.1 Å². The first-order valence-electron chi connectivity index (χ1n) is 10.4. The fourth-order valence-corrected chi connectivity index (χ4v) is 3.76. The van der Waals surface area contributed by atoms with E-state index in [1.54, 1.807) is 6.07 Å². The Morgan fingerprint density at radius 3 is 2.23 bits per heavy atom. The summed E-state index contributed by atoms with van der Waals surface area (Å²) in [4.78, 5) is 26.6. The van der Waals surface area contributed by atoms with Gasteiger partial charge in [-0.05, 0) is 17.5 Å². The Morgan fingerprint density at radius 2 is 1.63 bits per heavy atom. The smallest absolute Gasteiger partial charge is 0.274 e. The summed E-state index contributed by atoms with van der Waals surface area (Å²) in [5.74, 6) is 1.08. The number of nitrogens with zero attached hydrogens (tertiary/aromatic N) is 5. The molecule has 0 radical (unpaired) electrons. The standard InChI is InChI=1S/C22H30N6O.ClH/c1-5-26-10-12-27(13-11-26)15-18-14-19(29)28-21(23-18)24-20(25-28)16-6-8-17(9-7-16)22(2,3)4;/h6-9,14H,5,10-13,15H2,1-4H3,(H,23,24,25);1H. The first kappa shape index (κ1) is 22.5. The number of aromatic amines is 1. The van der Waals surface area contributed by atoms with E-state index < -0.39 is 0 Å². The lowest BCUT2D eigenvalue weighted by Gasteiger charge is -2.33. The van der Waals surface area contributed by atoms with Gasteiger partial charge in [0, 0.05) is 44.4 Å². The van der Waals surface area contributed by atoms with Crippen LogP contribution in [-0.4, -0.2) is 62.1 Å². The van der Waals surface area contributed by atoms with E-state index in [1.807, 2.05) is 12.1 Å². The number of nitrogens with one attached hydrogen (secondary N) is 1. The fraction of sp³-hybridized carbons (Fsp3) is 0.500. The number of benzene rings is 1. The molecule has 0 aliphatic carbocycles. The van der Waals surface area contributed by atoms with Crippen LogP contribution < -0.4 is 5.56 Å². The highest BCUT2D eigenvalue weighted by Crippen LogP contribution is 2.24. The summed E-state index contributed by atoms with van der Waals surface area (Å²) in [5.41, 5.74) is 2.96. The van der Waals surface area contributed by atoms with Gasteiger partial charge in [-0.15, -0.1) is 12.4 Å². The van der Waals surface area contributed by atoms with Crippen LogP contribution in [0.5, 0.6) is 0 Å². The van der Waals surface area contributed by atoms with Gasteiger partial charge in [0.15, 0.2) is 5.82 Å². The van der Waals surface area contributed by atoms with Crippen molar-refractivity contribution in [3.05, 3.63) is 51.9 Å². The molecule has 1 N–H and O–H groups in total. The summed E-state index contributed by atoms with van der Waals surface area (Å²) in [7, 11) is 0. The molecule has 0 bridgehead atoms. The number of hydrogen-bond acceptors (Lipinski definition) is 5. The molecule has 30 heavy (non-hydrogen) atoms. The molecule has 1 fully saturated rings. The summed E-state index contributed by atoms with van der Waals surface area (Å²) in [5, 5.41) is 3.09. The topological polar surface area (TPSA) is 69.5 Å². The van der Waals surface area contributed by atoms with Crippen LogP contribution in [0.1, 0.15) is 39.0 Å². The van der Waals surface area contributed by atoms with Gasteiger partial charge in [0.2, 0.25) is 0 Å². The van der Waals surface area contributed by atoms with Crippen LogP contribution in [-0.2, 0) is 12.0 Å². The lowest BCUT2D eigenvalue weighted by Crippen LogP contribution is -2.45. The third-order valence-electron chi connectivity index (χ3n) is 5.71. The van der Waals surface area contributed by atoms with Gasteiger partial charge in [-0.1, -0.05) is 52.0 Å². The number of H-pyrrole nitrogens is 1. The Hall–Kier alpha value is -2.22. The van der Waals surface area contributed by atoms with Crippen molar-refractivity contribution in [1.82, 2.24) is 29.4 Å². The Bertz CT molecular complexity index is 1040. The molecule has 0 spiro atoms. The van der Waals surface area contributed by atoms with Gasteiger partial charge in [-0.3, -0.25) is 14.8 Å². The number of likely N-dealkylation sites (N-methyl/N-ethyl adjacent to an activating group) is 1. The molecule has 7 nitrogen and oxygen atoms in total. The molecule has 2 aromatic heterocycles. The van der Waals surface area contributed by atoms with Gasteiger partial charge in [-0.2, -0.15) is 9.50 Å². The monoisotopic (exact) mass is 430 g/mol. The van der Waals surface area contributed by atoms with Gasteiger partial charge < -0.3 is 4.90 Å². The second-order valence-corrected chi connectivity index (χ2v) is 8.83. The molecule has 162 valence electrons. The maximum atomic E-state index is 12.6. The van der Waals surface area contributed by atoms with Crippen LogP contribution in [0.25, 0.3) is 17.2 Å². The van der Waals surface area contributed by atoms with Crippen molar-refractivity contribution in [2.24, 2.45) is 0 Å². The molecule has 0 unspecified atom stereocenters. The van der Waals surface area contributed by atoms with Crippen LogP contribution in [0, 0.1) is 0 Å². The Balaban J connectivity index is 0.00000256. The van der Waals surface area contributed by atoms with Crippen molar-refractivity contribution in [3.8, 4) is 11.4 Å². The molecule has 3 aromatic rings. The lowest BCUT2D eigenvalue weighted by atomic mass is 9.87. The molecular formula is C22H31ClN6O. The lowest BCUT2D eigenvalue weighted by molar-refractivity contribution is 0.131. The zero-order valence-electron chi connectivity index (χ0n) is 18.2. The van der Waals surface area contributed by atoms with Gasteiger partial charge in [0.25, 0.3) is 11.3 Å². The highest BCUT2D eigenvalue weighted by molar-refractivity contribution is 5.85. The molecule has 0 amide bonds. The van der Waals surface area contributed by atoms with Gasteiger partial charge in [0.05, 0.1) is 5.69 Å². The first-order valence-corrected chi connectivity index (χ1v) is 10.4. The van der Waals surface area contributed by atoms with Crippen molar-refractivity contribution < 1.29 is 0 Å². The third-order valence-corrected chi connectivity index (χ3v) is 5.71. The van der Waals surface area contributed by atoms with Crippen LogP contribution in [0.3, 0.4) is 0 Å². The second kappa shape index (κ2) is 8.88. The van der Waals surface area contributed by atoms with E-state index in [9.17, 15) is 4.79 Å². The fourth-order valence-electron chi connectivity index (χ4n) is 3.76. The highest BCUT2D eigenvalue weighted by atomic mass is 35.5. The van der Waals surface area contributed by atoms with Gasteiger partial charge >= 0.3 is 0 Å². The number of aromatic nitrogens is 4. The number of piperazine rings is 1. The summed E-state index contributed by atoms with van der Waals surface area (Å²) in [6, 6.07) is 9.92. The second-order valence-electron chi connectivity index (χ2n) is 8.83. The maximum absolute atomic E-state index is 12.6. The van der Waals surface area contributed by atoms with E-state index in [-0.39, 0.29) is 23.4 Å².